The van der Waals surface area contributed by atoms with E-state index in [1.54, 1.807) is 34.6 Å². The quantitative estimate of drug-likeness (QED) is 0.0359. The summed E-state index contributed by atoms with van der Waals surface area (Å²) in [5.41, 5.74) is -2.68. The second-order valence-electron chi connectivity index (χ2n) is 27.0. The number of Topliss-reactive ketones (excluding diaryl/α,β-unsaturated/α-hetero) is 1. The first-order valence-corrected chi connectivity index (χ1v) is 37.0. The number of ether oxygens (including phenoxy) is 13. The molecular weight excluding hydrogens is 1340 g/mol. The summed E-state index contributed by atoms with van der Waals surface area (Å²) < 4.78 is 68.7. The highest BCUT2D eigenvalue weighted by atomic mass is 16.6. The van der Waals surface area contributed by atoms with Gasteiger partial charge in [0.15, 0.2) is 0 Å². The molecule has 27 nitrogen and oxygen atoms in total. The molecule has 1 unspecified atom stereocenters. The van der Waals surface area contributed by atoms with Crippen LogP contribution in [0.4, 0.5) is 4.79 Å². The number of ketones is 1. The van der Waals surface area contributed by atoms with Crippen LogP contribution in [-0.2, 0) is 126 Å². The molecule has 0 aliphatic heterocycles. The molecule has 1 atom stereocenters. The van der Waals surface area contributed by atoms with Crippen LogP contribution in [-0.4, -0.2) is 170 Å². The molecule has 0 heterocycles. The van der Waals surface area contributed by atoms with Gasteiger partial charge in [0.05, 0.1) is 82.1 Å². The lowest BCUT2D eigenvalue weighted by Gasteiger charge is -2.36. The lowest BCUT2D eigenvalue weighted by Crippen LogP contribution is -2.41. The number of methoxy groups -OCH3 is 1. The third kappa shape index (κ3) is 52.8. The Kier molecular flexibility index (Phi) is 53.1. The Morgan fingerprint density at radius 2 is 0.621 bits per heavy atom. The molecule has 0 saturated heterocycles. The predicted molar refractivity (Wildman–Crippen MR) is 376 cm³/mol. The number of rotatable bonds is 64. The van der Waals surface area contributed by atoms with Gasteiger partial charge in [0.2, 0.25) is 0 Å². The molecule has 0 fully saturated rings. The summed E-state index contributed by atoms with van der Waals surface area (Å²) >= 11 is 0. The third-order valence-corrected chi connectivity index (χ3v) is 16.3. The van der Waals surface area contributed by atoms with Crippen molar-refractivity contribution in [2.75, 3.05) is 92.9 Å². The fourth-order valence-corrected chi connectivity index (χ4v) is 10.1. The lowest BCUT2D eigenvalue weighted by atomic mass is 9.69. The first kappa shape index (κ1) is 93.3. The number of unbranched alkanes of at least 4 members (excludes halogenated alkanes) is 14. The second-order valence-corrected chi connectivity index (χ2v) is 27.0. The molecule has 103 heavy (non-hydrogen) atoms. The van der Waals surface area contributed by atoms with E-state index in [9.17, 15) is 62.3 Å². The van der Waals surface area contributed by atoms with Crippen LogP contribution in [0.1, 0.15) is 259 Å². The zero-order valence-electron chi connectivity index (χ0n) is 62.7. The van der Waals surface area contributed by atoms with Crippen LogP contribution in [0, 0.1) is 16.2 Å². The Bertz CT molecular complexity index is 2620. The van der Waals surface area contributed by atoms with Crippen LogP contribution >= 0.6 is 0 Å². The van der Waals surface area contributed by atoms with E-state index in [4.69, 9.17) is 61.6 Å². The van der Waals surface area contributed by atoms with Crippen molar-refractivity contribution >= 4 is 77.5 Å². The van der Waals surface area contributed by atoms with Gasteiger partial charge >= 0.3 is 71.8 Å². The number of nitrogens with one attached hydrogen (secondary N) is 1. The molecule has 0 saturated carbocycles. The first-order chi connectivity index (χ1) is 49.3. The molecule has 0 aromatic heterocycles. The maximum absolute atomic E-state index is 13.6. The molecule has 0 radical (unpaired) electrons. The molecule has 0 bridgehead atoms. The number of carbonyl (C=O) groups is 13. The van der Waals surface area contributed by atoms with Gasteiger partial charge in [-0.25, -0.2) is 4.79 Å². The maximum atomic E-state index is 13.6. The van der Waals surface area contributed by atoms with E-state index in [1.165, 1.54) is 14.0 Å². The van der Waals surface area contributed by atoms with E-state index in [0.29, 0.717) is 128 Å². The Hall–Kier alpha value is -7.71. The number of hydrogen-bond donors (Lipinski definition) is 1. The maximum Gasteiger partial charge on any atom is 0.407 e. The largest absolute Gasteiger partial charge is 0.466 e. The summed E-state index contributed by atoms with van der Waals surface area (Å²) in [5.74, 6) is -4.49. The molecule has 586 valence electrons. The monoisotopic (exact) mass is 1460 g/mol. The van der Waals surface area contributed by atoms with E-state index in [0.717, 1.165) is 12.0 Å². The molecule has 1 aromatic carbocycles. The fourth-order valence-electron chi connectivity index (χ4n) is 10.1. The van der Waals surface area contributed by atoms with Gasteiger partial charge in [-0.05, 0) is 201 Å². The van der Waals surface area contributed by atoms with Crippen molar-refractivity contribution in [1.82, 2.24) is 5.32 Å². The Labute approximate surface area is 609 Å². The zero-order chi connectivity index (χ0) is 76.3. The average molecular weight is 1460 g/mol. The average Bonchev–Trinajstić information content (AvgIpc) is 0.806. The van der Waals surface area contributed by atoms with Gasteiger partial charge < -0.3 is 71.7 Å². The minimum atomic E-state index is -1.24. The summed E-state index contributed by atoms with van der Waals surface area (Å²) in [7, 11) is 1.47. The summed E-state index contributed by atoms with van der Waals surface area (Å²) in [4.78, 5) is 160. The van der Waals surface area contributed by atoms with Crippen molar-refractivity contribution in [2.24, 2.45) is 16.2 Å². The summed E-state index contributed by atoms with van der Waals surface area (Å²) in [6.45, 7) is 11.3. The van der Waals surface area contributed by atoms with Crippen molar-refractivity contribution in [1.29, 1.82) is 0 Å². The van der Waals surface area contributed by atoms with E-state index in [1.807, 2.05) is 30.3 Å². The van der Waals surface area contributed by atoms with Gasteiger partial charge in [-0.1, -0.05) is 30.3 Å². The van der Waals surface area contributed by atoms with Gasteiger partial charge in [-0.15, -0.1) is 0 Å². The van der Waals surface area contributed by atoms with Gasteiger partial charge in [0.1, 0.15) is 38.8 Å². The molecule has 1 aromatic rings. The summed E-state index contributed by atoms with van der Waals surface area (Å²) in [6, 6.07) is 9.17. The number of benzene rings is 1. The topological polar surface area (TPSA) is 354 Å². The molecule has 1 rings (SSSR count). The number of alkyl carbamates (subject to hydrolysis) is 1. The van der Waals surface area contributed by atoms with Crippen molar-refractivity contribution < 1.29 is 124 Å². The van der Waals surface area contributed by atoms with E-state index in [2.05, 4.69) is 5.32 Å². The predicted octanol–water partition coefficient (Wildman–Crippen LogP) is 12.1. The molecule has 27 heteroatoms. The van der Waals surface area contributed by atoms with Crippen LogP contribution in [0.15, 0.2) is 30.3 Å². The molecule has 0 aliphatic carbocycles. The molecule has 0 aliphatic rings. The molecule has 1 N–H and O–H groups in total. The first-order valence-electron chi connectivity index (χ1n) is 37.0. The Balaban J connectivity index is 2.04. The van der Waals surface area contributed by atoms with E-state index in [-0.39, 0.29) is 211 Å². The third-order valence-electron chi connectivity index (χ3n) is 16.3. The fraction of sp³-hybridized carbons (Fsp3) is 0.750. The zero-order valence-corrected chi connectivity index (χ0v) is 62.7. The minimum Gasteiger partial charge on any atom is -0.466 e. The summed E-state index contributed by atoms with van der Waals surface area (Å²) in [5, 5.41) is 2.55. The molecular formula is C76H121NO26. The normalized spacial score (nSPS) is 11.8. The van der Waals surface area contributed by atoms with Crippen molar-refractivity contribution in [3.05, 3.63) is 35.9 Å². The minimum absolute atomic E-state index is 0.000579. The number of amides is 1. The second kappa shape index (κ2) is 58.6. The number of hydrogen-bond acceptors (Lipinski definition) is 26. The van der Waals surface area contributed by atoms with Gasteiger partial charge in [0.25, 0.3) is 0 Å². The lowest BCUT2D eigenvalue weighted by molar-refractivity contribution is -0.167. The Morgan fingerprint density at radius 3 is 0.981 bits per heavy atom. The van der Waals surface area contributed by atoms with E-state index < -0.39 is 52.2 Å². The van der Waals surface area contributed by atoms with Crippen LogP contribution in [0.5, 0.6) is 0 Å². The smallest absolute Gasteiger partial charge is 0.407 e. The molecule has 0 spiro atoms. The van der Waals surface area contributed by atoms with E-state index >= 15 is 0 Å². The van der Waals surface area contributed by atoms with Gasteiger partial charge in [-0.3, -0.25) is 52.7 Å². The van der Waals surface area contributed by atoms with Crippen molar-refractivity contribution in [2.45, 2.75) is 260 Å². The van der Waals surface area contributed by atoms with Gasteiger partial charge in [0, 0.05) is 58.5 Å². The standard InChI is InChI=1S/C76H121NO26/c1-60(78)41-42-69(86)98-52-31-14-23-39-67(84)96-50-29-12-21-37-65(82)94-48-27-10-19-35-63(80)92-46-25-9-18-34-62(79)93-47-26-11-20-36-64(81)95-49-28-13-22-38-66(83)97-51-30-15-24-40-68(85)99-56-57-101-71(88)75(4,5)59-76(6,72(89)102-55-54-91-7)44-43-74(2,3)70(87)100-53-45-77-73(90)103-58-61-32-16-8-17-33-61/h8,16-17,32-33H,9-15,18-31,34-59H2,1-7H3,(H,77,90). The highest BCUT2D eigenvalue weighted by Crippen LogP contribution is 2.42. The number of carbonyl (C=O) groups excluding carboxylic acids is 13. The molecule has 1 amide bonds. The van der Waals surface area contributed by atoms with Gasteiger partial charge in [-0.2, -0.15) is 0 Å². The highest BCUT2D eigenvalue weighted by Gasteiger charge is 2.45. The van der Waals surface area contributed by atoms with Crippen LogP contribution in [0.25, 0.3) is 0 Å². The van der Waals surface area contributed by atoms with Crippen LogP contribution in [0.2, 0.25) is 0 Å². The van der Waals surface area contributed by atoms with Crippen LogP contribution in [0.3, 0.4) is 0 Å². The summed E-state index contributed by atoms with van der Waals surface area (Å²) in [6.07, 6.45) is 14.9. The highest BCUT2D eigenvalue weighted by molar-refractivity contribution is 5.82. The Morgan fingerprint density at radius 1 is 0.311 bits per heavy atom. The SMILES string of the molecule is COCCOC(=O)C(C)(CCC(C)(C)C(=O)OCCNC(=O)OCc1ccccc1)CC(C)(C)C(=O)OCCOC(=O)CCCCCOC(=O)CCCCCOC(=O)CCCCCOC(=O)CCCCCOC(=O)CCCCCOC(=O)CCCCCOC(=O)CCCCCOC(=O)CCC(C)=O. The van der Waals surface area contributed by atoms with Crippen molar-refractivity contribution in [3.8, 4) is 0 Å². The van der Waals surface area contributed by atoms with Crippen LogP contribution < -0.4 is 5.32 Å². The van der Waals surface area contributed by atoms with Crippen molar-refractivity contribution in [3.63, 3.8) is 0 Å². The number of esters is 11.